The van der Waals surface area contributed by atoms with Crippen LogP contribution in [0.15, 0.2) is 10.7 Å². The van der Waals surface area contributed by atoms with E-state index in [1.165, 1.54) is 6.26 Å². The normalized spacial score (nSPS) is 12.2. The maximum absolute atomic E-state index is 11.4. The van der Waals surface area contributed by atoms with Crippen LogP contribution in [0.3, 0.4) is 0 Å². The molecule has 0 saturated carbocycles. The Morgan fingerprint density at radius 1 is 1.65 bits per heavy atom. The van der Waals surface area contributed by atoms with Gasteiger partial charge in [-0.3, -0.25) is 0 Å². The van der Waals surface area contributed by atoms with Gasteiger partial charge >= 0.3 is 5.97 Å². The predicted molar refractivity (Wildman–Crippen MR) is 68.5 cm³/mol. The van der Waals surface area contributed by atoms with E-state index in [9.17, 15) is 4.79 Å². The topological polar surface area (TPSA) is 64.4 Å². The number of nitrogens with zero attached hydrogens (tertiary/aromatic N) is 1. The first-order valence-corrected chi connectivity index (χ1v) is 6.98. The van der Waals surface area contributed by atoms with E-state index in [2.05, 4.69) is 17.2 Å². The summed E-state index contributed by atoms with van der Waals surface area (Å²) in [7, 11) is 0. The zero-order valence-corrected chi connectivity index (χ0v) is 11.2. The number of hydrogen-bond donors (Lipinski definition) is 1. The summed E-state index contributed by atoms with van der Waals surface area (Å²) >= 11 is 1.75. The summed E-state index contributed by atoms with van der Waals surface area (Å²) in [6.45, 7) is 4.17. The first-order valence-electron chi connectivity index (χ1n) is 5.59. The fourth-order valence-corrected chi connectivity index (χ4v) is 2.00. The Morgan fingerprint density at radius 2 is 2.41 bits per heavy atom. The van der Waals surface area contributed by atoms with Crippen LogP contribution in [0.25, 0.3) is 0 Å². The molecule has 1 aromatic heterocycles. The van der Waals surface area contributed by atoms with Gasteiger partial charge in [-0.25, -0.2) is 4.79 Å². The van der Waals surface area contributed by atoms with E-state index in [4.69, 9.17) is 9.15 Å². The zero-order valence-electron chi connectivity index (χ0n) is 10.4. The minimum atomic E-state index is -0.456. The average Bonchev–Trinajstić information content (AvgIpc) is 2.77. The number of carbonyl (C=O) groups is 1. The maximum Gasteiger partial charge on any atom is 0.360 e. The molecule has 0 aliphatic rings. The monoisotopic (exact) mass is 258 g/mol. The van der Waals surface area contributed by atoms with Gasteiger partial charge in [0.2, 0.25) is 0 Å². The number of esters is 1. The summed E-state index contributed by atoms with van der Waals surface area (Å²) in [6.07, 6.45) is 4.33. The molecular formula is C11H18N2O3S. The van der Waals surface area contributed by atoms with Gasteiger partial charge in [0.15, 0.2) is 5.69 Å². The molecule has 0 fully saturated rings. The van der Waals surface area contributed by atoms with E-state index < -0.39 is 5.97 Å². The number of thioether (sulfide) groups is 1. The lowest BCUT2D eigenvalue weighted by atomic mass is 10.3. The SMILES string of the molecule is CCOC(=O)c1coc(NC(CC)CSC)n1. The molecule has 1 atom stereocenters. The number of ether oxygens (including phenoxy) is 1. The van der Waals surface area contributed by atoms with Crippen molar-refractivity contribution in [3.8, 4) is 0 Å². The fourth-order valence-electron chi connectivity index (χ4n) is 1.28. The van der Waals surface area contributed by atoms with Crippen LogP contribution in [0.5, 0.6) is 0 Å². The molecule has 5 nitrogen and oxygen atoms in total. The van der Waals surface area contributed by atoms with E-state index in [0.29, 0.717) is 18.7 Å². The molecule has 0 bridgehead atoms. The third-order valence-corrected chi connectivity index (χ3v) is 2.91. The molecule has 6 heteroatoms. The Hall–Kier alpha value is -1.17. The second kappa shape index (κ2) is 7.21. The molecule has 96 valence electrons. The average molecular weight is 258 g/mol. The fraction of sp³-hybridized carbons (Fsp3) is 0.636. The van der Waals surface area contributed by atoms with Crippen molar-refractivity contribution in [3.05, 3.63) is 12.0 Å². The smallest absolute Gasteiger partial charge is 0.360 e. The van der Waals surface area contributed by atoms with E-state index in [-0.39, 0.29) is 5.69 Å². The van der Waals surface area contributed by atoms with Crippen LogP contribution < -0.4 is 5.32 Å². The van der Waals surface area contributed by atoms with Crippen molar-refractivity contribution in [3.63, 3.8) is 0 Å². The van der Waals surface area contributed by atoms with Gasteiger partial charge in [-0.05, 0) is 19.6 Å². The van der Waals surface area contributed by atoms with Crippen LogP contribution in [0.1, 0.15) is 30.8 Å². The number of anilines is 1. The molecule has 0 radical (unpaired) electrons. The Balaban J connectivity index is 2.58. The van der Waals surface area contributed by atoms with E-state index >= 15 is 0 Å². The van der Waals surface area contributed by atoms with E-state index in [0.717, 1.165) is 12.2 Å². The summed E-state index contributed by atoms with van der Waals surface area (Å²) in [5.41, 5.74) is 0.202. The van der Waals surface area contributed by atoms with Gasteiger partial charge < -0.3 is 14.5 Å². The lowest BCUT2D eigenvalue weighted by Crippen LogP contribution is -2.21. The Labute approximate surface area is 105 Å². The molecule has 1 N–H and O–H groups in total. The largest absolute Gasteiger partial charge is 0.461 e. The van der Waals surface area contributed by atoms with Crippen molar-refractivity contribution in [2.75, 3.05) is 23.9 Å². The van der Waals surface area contributed by atoms with Gasteiger partial charge in [0.05, 0.1) is 6.61 Å². The molecule has 0 spiro atoms. The molecule has 17 heavy (non-hydrogen) atoms. The predicted octanol–water partition coefficient (Wildman–Crippen LogP) is 2.40. The molecular weight excluding hydrogens is 240 g/mol. The molecule has 1 rings (SSSR count). The van der Waals surface area contributed by atoms with Crippen LogP contribution in [0, 0.1) is 0 Å². The second-order valence-corrected chi connectivity index (χ2v) is 4.37. The third-order valence-electron chi connectivity index (χ3n) is 2.18. The van der Waals surface area contributed by atoms with Crippen LogP contribution >= 0.6 is 11.8 Å². The number of nitrogens with one attached hydrogen (secondary N) is 1. The second-order valence-electron chi connectivity index (χ2n) is 3.46. The first-order chi connectivity index (χ1) is 8.21. The summed E-state index contributed by atoms with van der Waals surface area (Å²) in [5.74, 6) is 0.510. The Bertz CT molecular complexity index is 354. The summed E-state index contributed by atoms with van der Waals surface area (Å²) in [6, 6.07) is 0.660. The number of rotatable bonds is 7. The zero-order chi connectivity index (χ0) is 12.7. The maximum atomic E-state index is 11.4. The quantitative estimate of drug-likeness (QED) is 0.758. The Morgan fingerprint density at radius 3 is 3.00 bits per heavy atom. The lowest BCUT2D eigenvalue weighted by molar-refractivity contribution is 0.0519. The molecule has 1 unspecified atom stereocenters. The van der Waals surface area contributed by atoms with Crippen LogP contribution in [0.2, 0.25) is 0 Å². The van der Waals surface area contributed by atoms with Crippen molar-refractivity contribution in [1.82, 2.24) is 4.98 Å². The highest BCUT2D eigenvalue weighted by atomic mass is 32.2. The number of oxazole rings is 1. The number of carbonyl (C=O) groups excluding carboxylic acids is 1. The van der Waals surface area contributed by atoms with E-state index in [1.807, 2.05) is 6.26 Å². The molecule has 0 aliphatic heterocycles. The number of hydrogen-bond acceptors (Lipinski definition) is 6. The van der Waals surface area contributed by atoms with Gasteiger partial charge in [-0.1, -0.05) is 6.92 Å². The van der Waals surface area contributed by atoms with Crippen molar-refractivity contribution in [2.24, 2.45) is 0 Å². The van der Waals surface area contributed by atoms with Gasteiger partial charge in [-0.15, -0.1) is 0 Å². The minimum absolute atomic E-state index is 0.202. The van der Waals surface area contributed by atoms with Crippen molar-refractivity contribution < 1.29 is 13.9 Å². The molecule has 0 aromatic carbocycles. The van der Waals surface area contributed by atoms with Gasteiger partial charge in [0, 0.05) is 11.8 Å². The van der Waals surface area contributed by atoms with Crippen LogP contribution in [-0.4, -0.2) is 35.6 Å². The first kappa shape index (κ1) is 13.9. The van der Waals surface area contributed by atoms with Gasteiger partial charge in [0.25, 0.3) is 6.01 Å². The highest BCUT2D eigenvalue weighted by Gasteiger charge is 2.15. The minimum Gasteiger partial charge on any atom is -0.461 e. The van der Waals surface area contributed by atoms with Crippen molar-refractivity contribution in [2.45, 2.75) is 26.3 Å². The van der Waals surface area contributed by atoms with Crippen molar-refractivity contribution in [1.29, 1.82) is 0 Å². The third kappa shape index (κ3) is 4.30. The van der Waals surface area contributed by atoms with Crippen LogP contribution in [-0.2, 0) is 4.74 Å². The molecule has 1 aromatic rings. The number of aromatic nitrogens is 1. The molecule has 1 heterocycles. The highest BCUT2D eigenvalue weighted by Crippen LogP contribution is 2.13. The standard InChI is InChI=1S/C11H18N2O3S/c1-4-8(7-17-3)12-11-13-9(6-16-11)10(14)15-5-2/h6,8H,4-5,7H2,1-3H3,(H,12,13). The van der Waals surface area contributed by atoms with E-state index in [1.54, 1.807) is 18.7 Å². The van der Waals surface area contributed by atoms with Crippen molar-refractivity contribution >= 4 is 23.7 Å². The van der Waals surface area contributed by atoms with Crippen LogP contribution in [0.4, 0.5) is 6.01 Å². The van der Waals surface area contributed by atoms with Gasteiger partial charge in [-0.2, -0.15) is 16.7 Å². The highest BCUT2D eigenvalue weighted by molar-refractivity contribution is 7.98. The summed E-state index contributed by atoms with van der Waals surface area (Å²) < 4.78 is 10.0. The summed E-state index contributed by atoms with van der Waals surface area (Å²) in [5, 5.41) is 3.14. The Kier molecular flexibility index (Phi) is 5.90. The summed E-state index contributed by atoms with van der Waals surface area (Å²) in [4.78, 5) is 15.4. The molecule has 0 aliphatic carbocycles. The van der Waals surface area contributed by atoms with Gasteiger partial charge in [0.1, 0.15) is 6.26 Å². The lowest BCUT2D eigenvalue weighted by Gasteiger charge is -2.13. The molecule has 0 amide bonds. The molecule has 0 saturated heterocycles.